The molecule has 0 saturated heterocycles. The number of aromatic nitrogens is 3. The second-order valence-corrected chi connectivity index (χ2v) is 6.65. The van der Waals surface area contributed by atoms with Gasteiger partial charge in [0.15, 0.2) is 11.8 Å². The number of aliphatic hydroxyl groups excluding tert-OH is 2. The van der Waals surface area contributed by atoms with Crippen molar-refractivity contribution < 1.29 is 24.9 Å². The molecule has 30 heavy (non-hydrogen) atoms. The van der Waals surface area contributed by atoms with E-state index in [2.05, 4.69) is 10.1 Å². The number of hydrogen-bond donors (Lipinski definition) is 3. The molecule has 0 radical (unpaired) electrons. The molecule has 0 bridgehead atoms. The Morgan fingerprint density at radius 3 is 2.67 bits per heavy atom. The lowest BCUT2D eigenvalue weighted by Gasteiger charge is -2.09. The summed E-state index contributed by atoms with van der Waals surface area (Å²) >= 11 is 0. The summed E-state index contributed by atoms with van der Waals surface area (Å²) < 4.78 is 6.85. The number of methoxy groups -OCH3 is 1. The summed E-state index contributed by atoms with van der Waals surface area (Å²) in [5.74, 6) is -0.678. The van der Waals surface area contributed by atoms with Crippen LogP contribution >= 0.6 is 0 Å². The van der Waals surface area contributed by atoms with Gasteiger partial charge in [-0.25, -0.2) is 14.5 Å². The zero-order chi connectivity index (χ0) is 21.3. The highest BCUT2D eigenvalue weighted by Gasteiger charge is 2.19. The number of carbonyl (C=O) groups is 1. The third kappa shape index (κ3) is 3.38. The van der Waals surface area contributed by atoms with Crippen LogP contribution in [0.4, 0.5) is 0 Å². The summed E-state index contributed by atoms with van der Waals surface area (Å²) in [6, 6.07) is 16.0. The molecule has 4 rings (SSSR count). The van der Waals surface area contributed by atoms with Crippen molar-refractivity contribution in [2.24, 2.45) is 0 Å². The molecule has 0 saturated carbocycles. The maximum absolute atomic E-state index is 11.1. The fourth-order valence-corrected chi connectivity index (χ4v) is 3.39. The summed E-state index contributed by atoms with van der Waals surface area (Å²) in [4.78, 5) is 15.6. The van der Waals surface area contributed by atoms with Gasteiger partial charge in [-0.05, 0) is 35.4 Å². The lowest BCUT2D eigenvalue weighted by molar-refractivity contribution is -0.146. The van der Waals surface area contributed by atoms with E-state index >= 15 is 0 Å². The Bertz CT molecular complexity index is 1230. The fraction of sp³-hybridized carbons (Fsp3) is 0.136. The van der Waals surface area contributed by atoms with Crippen LogP contribution in [0.5, 0.6) is 5.75 Å². The number of benzene rings is 2. The number of aliphatic carboxylic acids is 1. The number of para-hydroxylation sites is 1. The van der Waals surface area contributed by atoms with Gasteiger partial charge < -0.3 is 20.1 Å². The SMILES string of the molecule is COc1ccccc1-c1nn(CO)c2ncc(-c3cccc(C(O)C(=O)O)c3)cc12. The van der Waals surface area contributed by atoms with Gasteiger partial charge in [-0.1, -0.05) is 30.3 Å². The Kier molecular flexibility index (Phi) is 5.18. The highest BCUT2D eigenvalue weighted by Crippen LogP contribution is 2.35. The van der Waals surface area contributed by atoms with Crippen molar-refractivity contribution in [2.75, 3.05) is 7.11 Å². The number of nitrogens with zero attached hydrogens (tertiary/aromatic N) is 3. The molecule has 0 aliphatic carbocycles. The molecule has 2 heterocycles. The number of aliphatic hydroxyl groups is 2. The van der Waals surface area contributed by atoms with E-state index in [1.165, 1.54) is 4.68 Å². The summed E-state index contributed by atoms with van der Waals surface area (Å²) in [6.07, 6.45) is 0.0111. The van der Waals surface area contributed by atoms with Gasteiger partial charge in [-0.2, -0.15) is 5.10 Å². The van der Waals surface area contributed by atoms with E-state index in [1.807, 2.05) is 30.3 Å². The first kappa shape index (κ1) is 19.6. The summed E-state index contributed by atoms with van der Waals surface area (Å²) in [6.45, 7) is -0.335. The smallest absolute Gasteiger partial charge is 0.337 e. The van der Waals surface area contributed by atoms with Crippen molar-refractivity contribution in [1.82, 2.24) is 14.8 Å². The van der Waals surface area contributed by atoms with E-state index < -0.39 is 12.1 Å². The first-order valence-corrected chi connectivity index (χ1v) is 9.15. The summed E-state index contributed by atoms with van der Waals surface area (Å²) in [7, 11) is 1.58. The highest BCUT2D eigenvalue weighted by molar-refractivity contribution is 5.95. The number of ether oxygens (including phenoxy) is 1. The van der Waals surface area contributed by atoms with Gasteiger partial charge in [0.25, 0.3) is 0 Å². The zero-order valence-corrected chi connectivity index (χ0v) is 16.1. The van der Waals surface area contributed by atoms with E-state index in [-0.39, 0.29) is 12.3 Å². The van der Waals surface area contributed by atoms with Crippen LogP contribution in [-0.2, 0) is 11.5 Å². The van der Waals surface area contributed by atoms with Gasteiger partial charge in [0.2, 0.25) is 0 Å². The highest BCUT2D eigenvalue weighted by atomic mass is 16.5. The van der Waals surface area contributed by atoms with Crippen LogP contribution in [0.25, 0.3) is 33.4 Å². The lowest BCUT2D eigenvalue weighted by Crippen LogP contribution is -2.10. The molecule has 8 nitrogen and oxygen atoms in total. The summed E-state index contributed by atoms with van der Waals surface area (Å²) in [5.41, 5.74) is 3.55. The molecule has 0 spiro atoms. The normalized spacial score (nSPS) is 12.1. The van der Waals surface area contributed by atoms with Crippen LogP contribution in [0, 0.1) is 0 Å². The van der Waals surface area contributed by atoms with Crippen molar-refractivity contribution in [2.45, 2.75) is 12.8 Å². The van der Waals surface area contributed by atoms with Crippen molar-refractivity contribution in [3.63, 3.8) is 0 Å². The molecule has 1 atom stereocenters. The second-order valence-electron chi connectivity index (χ2n) is 6.65. The maximum atomic E-state index is 11.1. The molecule has 0 aliphatic heterocycles. The monoisotopic (exact) mass is 405 g/mol. The van der Waals surface area contributed by atoms with Gasteiger partial charge in [0.1, 0.15) is 18.2 Å². The van der Waals surface area contributed by atoms with Gasteiger partial charge >= 0.3 is 5.97 Å². The standard InChI is InChI=1S/C22H19N3O5/c1-30-18-8-3-2-7-16(18)19-17-10-15(11-23-21(17)25(12-26)24-19)13-5-4-6-14(9-13)20(27)22(28)29/h2-11,20,26-27H,12H2,1H3,(H,28,29). The molecule has 0 fully saturated rings. The predicted molar refractivity (Wildman–Crippen MR) is 110 cm³/mol. The van der Waals surface area contributed by atoms with Crippen molar-refractivity contribution in [3.05, 3.63) is 66.4 Å². The molecule has 2 aromatic heterocycles. The summed E-state index contributed by atoms with van der Waals surface area (Å²) in [5, 5.41) is 33.8. The minimum absolute atomic E-state index is 0.274. The quantitative estimate of drug-likeness (QED) is 0.451. The average Bonchev–Trinajstić information content (AvgIpc) is 3.16. The fourth-order valence-electron chi connectivity index (χ4n) is 3.39. The molecule has 8 heteroatoms. The molecule has 1 unspecified atom stereocenters. The van der Waals surface area contributed by atoms with Gasteiger partial charge in [0.05, 0.1) is 7.11 Å². The Morgan fingerprint density at radius 2 is 1.93 bits per heavy atom. The molecule has 4 aromatic rings. The lowest BCUT2D eigenvalue weighted by atomic mass is 10.00. The number of fused-ring (bicyclic) bond motifs is 1. The minimum Gasteiger partial charge on any atom is -0.496 e. The van der Waals surface area contributed by atoms with E-state index in [0.29, 0.717) is 28.0 Å². The Morgan fingerprint density at radius 1 is 1.13 bits per heavy atom. The number of hydrogen-bond acceptors (Lipinski definition) is 6. The molecule has 152 valence electrons. The topological polar surface area (TPSA) is 118 Å². The Labute approximate surface area is 171 Å². The average molecular weight is 405 g/mol. The van der Waals surface area contributed by atoms with E-state index in [4.69, 9.17) is 9.84 Å². The van der Waals surface area contributed by atoms with Crippen LogP contribution in [0.1, 0.15) is 11.7 Å². The number of pyridine rings is 1. The molecule has 0 amide bonds. The third-order valence-electron chi connectivity index (χ3n) is 4.85. The van der Waals surface area contributed by atoms with Crippen LogP contribution in [0.3, 0.4) is 0 Å². The van der Waals surface area contributed by atoms with Crippen LogP contribution < -0.4 is 4.74 Å². The number of carboxylic acids is 1. The largest absolute Gasteiger partial charge is 0.496 e. The Balaban J connectivity index is 1.89. The number of rotatable bonds is 6. The molecule has 2 aromatic carbocycles. The van der Waals surface area contributed by atoms with Crippen LogP contribution in [0.2, 0.25) is 0 Å². The van der Waals surface area contributed by atoms with Gasteiger partial charge in [-0.3, -0.25) is 0 Å². The van der Waals surface area contributed by atoms with E-state index in [9.17, 15) is 15.0 Å². The van der Waals surface area contributed by atoms with Crippen molar-refractivity contribution in [3.8, 4) is 28.1 Å². The Hall–Kier alpha value is -3.75. The second kappa shape index (κ2) is 7.94. The first-order chi connectivity index (χ1) is 14.5. The van der Waals surface area contributed by atoms with Crippen molar-refractivity contribution >= 4 is 17.0 Å². The van der Waals surface area contributed by atoms with Gasteiger partial charge in [0, 0.05) is 22.7 Å². The molecular weight excluding hydrogens is 386 g/mol. The molecule has 3 N–H and O–H groups in total. The maximum Gasteiger partial charge on any atom is 0.337 e. The van der Waals surface area contributed by atoms with Crippen LogP contribution in [0.15, 0.2) is 60.8 Å². The number of carboxylic acid groups (broad SMARTS) is 1. The van der Waals surface area contributed by atoms with Crippen molar-refractivity contribution in [1.29, 1.82) is 0 Å². The van der Waals surface area contributed by atoms with Crippen LogP contribution in [-0.4, -0.2) is 43.2 Å². The van der Waals surface area contributed by atoms with Gasteiger partial charge in [-0.15, -0.1) is 0 Å². The van der Waals surface area contributed by atoms with E-state index in [0.717, 1.165) is 11.1 Å². The predicted octanol–water partition coefficient (Wildman–Crippen LogP) is 2.84. The minimum atomic E-state index is -1.61. The zero-order valence-electron chi connectivity index (χ0n) is 16.1. The first-order valence-electron chi connectivity index (χ1n) is 9.15. The molecular formula is C22H19N3O5. The van der Waals surface area contributed by atoms with E-state index in [1.54, 1.807) is 37.6 Å². The molecule has 0 aliphatic rings. The third-order valence-corrected chi connectivity index (χ3v) is 4.85.